The quantitative estimate of drug-likeness (QED) is 0.277. The summed E-state index contributed by atoms with van der Waals surface area (Å²) in [6.07, 6.45) is 2.21. The molecule has 0 atom stereocenters. The topological polar surface area (TPSA) is 87.3 Å². The molecule has 8 heteroatoms. The number of aromatic nitrogens is 1. The van der Waals surface area contributed by atoms with Crippen LogP contribution in [-0.2, 0) is 17.8 Å². The molecule has 138 valence electrons. The number of halogens is 1. The van der Waals surface area contributed by atoms with Gasteiger partial charge in [-0.1, -0.05) is 41.9 Å². The number of hydrogen-bond acceptors (Lipinski definition) is 4. The van der Waals surface area contributed by atoms with Crippen molar-refractivity contribution in [2.24, 2.45) is 5.73 Å². The normalized spacial score (nSPS) is 10.3. The third-order valence-corrected chi connectivity index (χ3v) is 4.29. The summed E-state index contributed by atoms with van der Waals surface area (Å²) in [5.74, 6) is -0.125. The molecule has 0 bridgehead atoms. The number of nitrogens with one attached hydrogen (secondary N) is 2. The van der Waals surface area contributed by atoms with Crippen molar-refractivity contribution in [2.45, 2.75) is 13.0 Å². The van der Waals surface area contributed by atoms with E-state index in [0.717, 1.165) is 11.3 Å². The Kier molecular flexibility index (Phi) is 8.27. The molecule has 0 saturated heterocycles. The first kappa shape index (κ1) is 20.1. The van der Waals surface area contributed by atoms with Crippen LogP contribution in [0.1, 0.15) is 11.3 Å². The summed E-state index contributed by atoms with van der Waals surface area (Å²) in [7, 11) is 0. The van der Waals surface area contributed by atoms with E-state index in [4.69, 9.17) is 39.7 Å². The van der Waals surface area contributed by atoms with E-state index in [9.17, 15) is 0 Å². The standard InChI is InChI=1S/C18H22ClN5OS/c19-15-7-4-9-22-16(15)8-11-24(17(20)21)18(26)23-10-12-25-13-14-5-2-1-3-6-14/h1-7,9H,8,10-13H2,(H3,20,21)(H,23,26). The summed E-state index contributed by atoms with van der Waals surface area (Å²) in [6.45, 7) is 1.99. The van der Waals surface area contributed by atoms with Crippen molar-refractivity contribution in [3.8, 4) is 0 Å². The van der Waals surface area contributed by atoms with Gasteiger partial charge in [0.05, 0.1) is 23.9 Å². The van der Waals surface area contributed by atoms with Gasteiger partial charge in [0.25, 0.3) is 0 Å². The summed E-state index contributed by atoms with van der Waals surface area (Å²) in [5, 5.41) is 11.8. The summed E-state index contributed by atoms with van der Waals surface area (Å²) in [4.78, 5) is 5.74. The Morgan fingerprint density at radius 3 is 2.73 bits per heavy atom. The molecule has 0 aliphatic carbocycles. The Morgan fingerprint density at radius 2 is 2.04 bits per heavy atom. The Bertz CT molecular complexity index is 729. The van der Waals surface area contributed by atoms with Gasteiger partial charge in [0.15, 0.2) is 11.1 Å². The number of nitrogens with zero attached hydrogens (tertiary/aromatic N) is 2. The zero-order valence-corrected chi connectivity index (χ0v) is 15.9. The molecule has 0 spiro atoms. The van der Waals surface area contributed by atoms with Gasteiger partial charge in [0.1, 0.15) is 0 Å². The van der Waals surface area contributed by atoms with Gasteiger partial charge >= 0.3 is 0 Å². The van der Waals surface area contributed by atoms with Crippen LogP contribution in [0.3, 0.4) is 0 Å². The maximum absolute atomic E-state index is 7.72. The molecule has 6 nitrogen and oxygen atoms in total. The van der Waals surface area contributed by atoms with E-state index in [0.29, 0.717) is 42.9 Å². The smallest absolute Gasteiger partial charge is 0.194 e. The van der Waals surface area contributed by atoms with Crippen LogP contribution in [0.5, 0.6) is 0 Å². The summed E-state index contributed by atoms with van der Waals surface area (Å²) in [6, 6.07) is 13.5. The molecule has 0 amide bonds. The lowest BCUT2D eigenvalue weighted by molar-refractivity contribution is 0.125. The van der Waals surface area contributed by atoms with E-state index in [1.54, 1.807) is 18.3 Å². The second-order valence-electron chi connectivity index (χ2n) is 5.49. The monoisotopic (exact) mass is 391 g/mol. The highest BCUT2D eigenvalue weighted by molar-refractivity contribution is 7.80. The minimum atomic E-state index is -0.125. The zero-order chi connectivity index (χ0) is 18.8. The number of ether oxygens (including phenoxy) is 1. The summed E-state index contributed by atoms with van der Waals surface area (Å²) in [5.41, 5.74) is 7.51. The average Bonchev–Trinajstić information content (AvgIpc) is 2.63. The van der Waals surface area contributed by atoms with Crippen LogP contribution in [0.25, 0.3) is 0 Å². The SMILES string of the molecule is N=C(N)N(CCc1ncccc1Cl)C(=S)NCCOCc1ccccc1. The number of thiocarbonyl (C=S) groups is 1. The molecule has 0 unspecified atom stereocenters. The van der Waals surface area contributed by atoms with E-state index in [2.05, 4.69) is 10.3 Å². The van der Waals surface area contributed by atoms with Gasteiger partial charge in [-0.2, -0.15) is 0 Å². The van der Waals surface area contributed by atoms with Gasteiger partial charge in [0.2, 0.25) is 0 Å². The lowest BCUT2D eigenvalue weighted by Crippen LogP contribution is -2.48. The second kappa shape index (κ2) is 10.7. The molecular weight excluding hydrogens is 370 g/mol. The van der Waals surface area contributed by atoms with Crippen LogP contribution in [-0.4, -0.2) is 40.7 Å². The molecule has 4 N–H and O–H groups in total. The van der Waals surface area contributed by atoms with Crippen molar-refractivity contribution in [3.63, 3.8) is 0 Å². The molecule has 2 aromatic rings. The van der Waals surface area contributed by atoms with Gasteiger partial charge in [-0.15, -0.1) is 0 Å². The minimum Gasteiger partial charge on any atom is -0.375 e. The van der Waals surface area contributed by atoms with Gasteiger partial charge in [-0.3, -0.25) is 15.3 Å². The van der Waals surface area contributed by atoms with Crippen molar-refractivity contribution in [3.05, 3.63) is 64.9 Å². The van der Waals surface area contributed by atoms with Crippen LogP contribution in [0.15, 0.2) is 48.7 Å². The Balaban J connectivity index is 1.73. The van der Waals surface area contributed by atoms with Crippen LogP contribution < -0.4 is 11.1 Å². The molecule has 0 fully saturated rings. The molecular formula is C18H22ClN5OS. The van der Waals surface area contributed by atoms with Crippen LogP contribution in [0.4, 0.5) is 0 Å². The minimum absolute atomic E-state index is 0.125. The maximum Gasteiger partial charge on any atom is 0.194 e. The maximum atomic E-state index is 7.72. The number of pyridine rings is 1. The van der Waals surface area contributed by atoms with Crippen molar-refractivity contribution < 1.29 is 4.74 Å². The fourth-order valence-electron chi connectivity index (χ4n) is 2.24. The summed E-state index contributed by atoms with van der Waals surface area (Å²) < 4.78 is 5.60. The van der Waals surface area contributed by atoms with Gasteiger partial charge in [0, 0.05) is 25.7 Å². The van der Waals surface area contributed by atoms with E-state index in [-0.39, 0.29) is 5.96 Å². The molecule has 1 heterocycles. The number of rotatable bonds is 8. The van der Waals surface area contributed by atoms with Crippen molar-refractivity contribution in [2.75, 3.05) is 19.7 Å². The predicted octanol–water partition coefficient (Wildman–Crippen LogP) is 2.56. The molecule has 0 saturated carbocycles. The second-order valence-corrected chi connectivity index (χ2v) is 6.28. The molecule has 0 aliphatic rings. The fourth-order valence-corrected chi connectivity index (χ4v) is 2.75. The highest BCUT2D eigenvalue weighted by Crippen LogP contribution is 2.13. The number of nitrogens with two attached hydrogens (primary N) is 1. The summed E-state index contributed by atoms with van der Waals surface area (Å²) >= 11 is 11.4. The first-order valence-corrected chi connectivity index (χ1v) is 8.97. The average molecular weight is 392 g/mol. The lowest BCUT2D eigenvalue weighted by atomic mass is 10.2. The predicted molar refractivity (Wildman–Crippen MR) is 108 cm³/mol. The largest absolute Gasteiger partial charge is 0.375 e. The van der Waals surface area contributed by atoms with Gasteiger partial charge < -0.3 is 15.8 Å². The van der Waals surface area contributed by atoms with E-state index in [1.807, 2.05) is 30.3 Å². The zero-order valence-electron chi connectivity index (χ0n) is 14.3. The number of hydrogen-bond donors (Lipinski definition) is 3. The highest BCUT2D eigenvalue weighted by atomic mass is 35.5. The van der Waals surface area contributed by atoms with Crippen molar-refractivity contribution in [1.29, 1.82) is 5.41 Å². The van der Waals surface area contributed by atoms with Crippen molar-refractivity contribution >= 4 is 34.9 Å². The Labute approximate surface area is 163 Å². The molecule has 2 rings (SSSR count). The molecule has 0 aliphatic heterocycles. The van der Waals surface area contributed by atoms with Gasteiger partial charge in [-0.25, -0.2) is 0 Å². The Morgan fingerprint density at radius 1 is 1.27 bits per heavy atom. The number of benzene rings is 1. The van der Waals surface area contributed by atoms with E-state index < -0.39 is 0 Å². The fraction of sp³-hybridized carbons (Fsp3) is 0.278. The van der Waals surface area contributed by atoms with Gasteiger partial charge in [-0.05, 0) is 29.9 Å². The molecule has 1 aromatic heterocycles. The Hall–Kier alpha value is -2.22. The van der Waals surface area contributed by atoms with Crippen LogP contribution in [0, 0.1) is 5.41 Å². The third-order valence-electron chi connectivity index (χ3n) is 3.58. The molecule has 0 radical (unpaired) electrons. The molecule has 1 aromatic carbocycles. The van der Waals surface area contributed by atoms with E-state index in [1.165, 1.54) is 4.90 Å². The van der Waals surface area contributed by atoms with Crippen LogP contribution in [0.2, 0.25) is 5.02 Å². The van der Waals surface area contributed by atoms with Crippen molar-refractivity contribution in [1.82, 2.24) is 15.2 Å². The highest BCUT2D eigenvalue weighted by Gasteiger charge is 2.13. The lowest BCUT2D eigenvalue weighted by Gasteiger charge is -2.24. The first-order chi connectivity index (χ1) is 12.6. The number of guanidine groups is 1. The third kappa shape index (κ3) is 6.59. The molecule has 26 heavy (non-hydrogen) atoms. The van der Waals surface area contributed by atoms with E-state index >= 15 is 0 Å². The first-order valence-electron chi connectivity index (χ1n) is 8.18. The van der Waals surface area contributed by atoms with Crippen LogP contribution >= 0.6 is 23.8 Å².